The van der Waals surface area contributed by atoms with E-state index in [9.17, 15) is 10.2 Å². The lowest BCUT2D eigenvalue weighted by Crippen LogP contribution is -2.52. The van der Waals surface area contributed by atoms with Crippen molar-refractivity contribution >= 4 is 0 Å². The van der Waals surface area contributed by atoms with Gasteiger partial charge in [-0.15, -0.1) is 0 Å². The zero-order chi connectivity index (χ0) is 27.8. The summed E-state index contributed by atoms with van der Waals surface area (Å²) in [5, 5.41) is 21.8. The van der Waals surface area contributed by atoms with Crippen molar-refractivity contribution in [2.24, 2.45) is 45.3 Å². The maximum atomic E-state index is 11.0. The molecule has 0 spiro atoms. The highest BCUT2D eigenvalue weighted by atomic mass is 16.5. The maximum absolute atomic E-state index is 11.0. The van der Waals surface area contributed by atoms with Crippen molar-refractivity contribution < 1.29 is 14.9 Å². The summed E-state index contributed by atoms with van der Waals surface area (Å²) < 4.78 is 7.38. The van der Waals surface area contributed by atoms with Crippen molar-refractivity contribution in [1.29, 1.82) is 0 Å². The Hall–Kier alpha value is -1.22. The molecule has 216 valence electrons. The van der Waals surface area contributed by atoms with Crippen LogP contribution in [0.25, 0.3) is 0 Å². The first-order valence-corrected chi connectivity index (χ1v) is 16.4. The molecule has 0 bridgehead atoms. The van der Waals surface area contributed by atoms with Gasteiger partial charge in [-0.25, -0.2) is 0 Å². The molecule has 1 aliphatic heterocycles. The summed E-state index contributed by atoms with van der Waals surface area (Å²) in [6, 6.07) is 3.43. The van der Waals surface area contributed by atoms with Crippen LogP contribution >= 0.6 is 0 Å². The second-order valence-corrected chi connectivity index (χ2v) is 17.2. The normalized spacial score (nSPS) is 51.8. The molecule has 0 unspecified atom stereocenters. The topological polar surface area (TPSA) is 49.7 Å². The van der Waals surface area contributed by atoms with Gasteiger partial charge in [0, 0.05) is 16.5 Å². The molecule has 1 aromatic carbocycles. The summed E-state index contributed by atoms with van der Waals surface area (Å²) in [4.78, 5) is 0. The molecule has 0 radical (unpaired) electrons. The lowest BCUT2D eigenvalue weighted by Gasteiger charge is -2.56. The van der Waals surface area contributed by atoms with Crippen LogP contribution in [0.2, 0.25) is 0 Å². The fourth-order valence-corrected chi connectivity index (χ4v) is 13.1. The first kappa shape index (κ1) is 26.7. The third-order valence-electron chi connectivity index (χ3n) is 15.4. The first-order valence-electron chi connectivity index (χ1n) is 16.4. The first-order chi connectivity index (χ1) is 18.2. The number of rotatable bonds is 1. The number of ether oxygens (including phenoxy) is 1. The average molecular weight is 535 g/mol. The molecule has 7 rings (SSSR count). The second-order valence-electron chi connectivity index (χ2n) is 17.2. The largest absolute Gasteiger partial charge is 0.508 e. The number of phenols is 2. The van der Waals surface area contributed by atoms with E-state index in [1.807, 2.05) is 0 Å². The number of hydrogen-bond acceptors (Lipinski definition) is 3. The van der Waals surface area contributed by atoms with Gasteiger partial charge in [0.25, 0.3) is 0 Å². The van der Waals surface area contributed by atoms with Crippen molar-refractivity contribution in [2.75, 3.05) is 0 Å². The predicted octanol–water partition coefficient (Wildman–Crippen LogP) is 8.92. The Morgan fingerprint density at radius 2 is 1.38 bits per heavy atom. The van der Waals surface area contributed by atoms with Gasteiger partial charge in [0.1, 0.15) is 11.5 Å². The number of aromatic hydroxyl groups is 2. The lowest BCUT2D eigenvalue weighted by molar-refractivity contribution is -0.179. The van der Waals surface area contributed by atoms with E-state index in [0.29, 0.717) is 46.2 Å². The molecule has 10 atom stereocenters. The van der Waals surface area contributed by atoms with E-state index in [4.69, 9.17) is 4.74 Å². The van der Waals surface area contributed by atoms with E-state index in [2.05, 4.69) is 48.5 Å². The van der Waals surface area contributed by atoms with Crippen molar-refractivity contribution in [3.05, 3.63) is 23.3 Å². The van der Waals surface area contributed by atoms with Crippen LogP contribution in [0.5, 0.6) is 11.5 Å². The Morgan fingerprint density at radius 1 is 0.692 bits per heavy atom. The van der Waals surface area contributed by atoms with Crippen LogP contribution in [0.4, 0.5) is 0 Å². The Balaban J connectivity index is 1.22. The standard InChI is InChI=1S/C36H54O3/c1-31(2)15-8-16-36(7)27(31)13-19-35(6)29(39-36)14-20-34(35,5)24-12-17-32(3)23(24)11-18-33(4)28(32)21-22-25(37)9-10-26(38)30(22)33/h9-10,23-24,27-29,37-38H,8,11-21H2,1-7H3/t23-,24-,27+,28+,29+,32-,33+,34-,35-,36+/m1/s1. The fraction of sp³-hybridized carbons (Fsp3) is 0.833. The highest BCUT2D eigenvalue weighted by molar-refractivity contribution is 5.56. The van der Waals surface area contributed by atoms with Gasteiger partial charge in [-0.1, -0.05) is 48.0 Å². The highest BCUT2D eigenvalue weighted by Crippen LogP contribution is 2.74. The maximum Gasteiger partial charge on any atom is 0.119 e. The minimum atomic E-state index is -0.0391. The summed E-state index contributed by atoms with van der Waals surface area (Å²) in [6.07, 6.45) is 15.3. The Kier molecular flexibility index (Phi) is 5.46. The molecule has 1 aromatic rings. The van der Waals surface area contributed by atoms with Crippen LogP contribution in [0.1, 0.15) is 130 Å². The van der Waals surface area contributed by atoms with Gasteiger partial charge in [-0.2, -0.15) is 0 Å². The van der Waals surface area contributed by atoms with E-state index >= 15 is 0 Å². The summed E-state index contributed by atoms with van der Waals surface area (Å²) in [7, 11) is 0. The molecule has 6 aliphatic rings. The predicted molar refractivity (Wildman–Crippen MR) is 157 cm³/mol. The van der Waals surface area contributed by atoms with Crippen molar-refractivity contribution in [1.82, 2.24) is 0 Å². The molecular formula is C36H54O3. The third kappa shape index (κ3) is 3.21. The van der Waals surface area contributed by atoms with Gasteiger partial charge in [0.15, 0.2) is 0 Å². The molecular weight excluding hydrogens is 480 g/mol. The van der Waals surface area contributed by atoms with Gasteiger partial charge >= 0.3 is 0 Å². The number of benzene rings is 1. The SMILES string of the molecule is CC1(C)CCC[C@]2(C)O[C@H]3CC[C@](C)([C@@H]4CC[C@]5(C)[C@@H]4CC[C@]4(C)c6c(O)ccc(O)c6C[C@@H]54)[C@]3(C)CC[C@@H]12. The average Bonchev–Trinajstić information content (AvgIpc) is 3.43. The van der Waals surface area contributed by atoms with Gasteiger partial charge in [0.05, 0.1) is 11.7 Å². The van der Waals surface area contributed by atoms with Crippen LogP contribution in [0.15, 0.2) is 12.1 Å². The van der Waals surface area contributed by atoms with E-state index in [1.54, 1.807) is 12.1 Å². The van der Waals surface area contributed by atoms with E-state index in [-0.39, 0.29) is 21.8 Å². The fourth-order valence-electron chi connectivity index (χ4n) is 13.1. The van der Waals surface area contributed by atoms with Crippen molar-refractivity contribution in [3.63, 3.8) is 0 Å². The minimum absolute atomic E-state index is 0.0336. The molecule has 5 fully saturated rings. The molecule has 3 nitrogen and oxygen atoms in total. The van der Waals surface area contributed by atoms with Gasteiger partial charge in [0.2, 0.25) is 0 Å². The van der Waals surface area contributed by atoms with Crippen LogP contribution < -0.4 is 0 Å². The molecule has 0 aromatic heterocycles. The number of hydrogen-bond donors (Lipinski definition) is 2. The Bertz CT molecular complexity index is 1190. The zero-order valence-corrected chi connectivity index (χ0v) is 25.8. The summed E-state index contributed by atoms with van der Waals surface area (Å²) in [5.74, 6) is 3.39. The smallest absolute Gasteiger partial charge is 0.119 e. The van der Waals surface area contributed by atoms with Crippen LogP contribution in [-0.2, 0) is 16.6 Å². The highest BCUT2D eigenvalue weighted by Gasteiger charge is 2.69. The Labute approximate surface area is 237 Å². The number of fused-ring (bicyclic) bond motifs is 7. The van der Waals surface area contributed by atoms with Crippen molar-refractivity contribution in [3.8, 4) is 11.5 Å². The van der Waals surface area contributed by atoms with Gasteiger partial charge < -0.3 is 14.9 Å². The van der Waals surface area contributed by atoms with E-state index in [1.165, 1.54) is 64.2 Å². The monoisotopic (exact) mass is 534 g/mol. The van der Waals surface area contributed by atoms with E-state index < -0.39 is 0 Å². The van der Waals surface area contributed by atoms with E-state index in [0.717, 1.165) is 29.9 Å². The van der Waals surface area contributed by atoms with Crippen LogP contribution in [0, 0.1) is 45.3 Å². The molecule has 5 aliphatic carbocycles. The second kappa shape index (κ2) is 7.99. The van der Waals surface area contributed by atoms with Gasteiger partial charge in [-0.3, -0.25) is 0 Å². The third-order valence-corrected chi connectivity index (χ3v) is 15.4. The van der Waals surface area contributed by atoms with Crippen molar-refractivity contribution in [2.45, 2.75) is 143 Å². The molecule has 39 heavy (non-hydrogen) atoms. The molecule has 4 saturated carbocycles. The zero-order valence-electron chi connectivity index (χ0n) is 25.8. The summed E-state index contributed by atoms with van der Waals surface area (Å²) >= 11 is 0. The minimum Gasteiger partial charge on any atom is -0.508 e. The Morgan fingerprint density at radius 3 is 2.15 bits per heavy atom. The quantitative estimate of drug-likeness (QED) is 0.354. The molecule has 1 heterocycles. The molecule has 1 saturated heterocycles. The van der Waals surface area contributed by atoms with Crippen LogP contribution in [-0.4, -0.2) is 21.9 Å². The molecule has 2 N–H and O–H groups in total. The van der Waals surface area contributed by atoms with Crippen LogP contribution in [0.3, 0.4) is 0 Å². The summed E-state index contributed by atoms with van der Waals surface area (Å²) in [5.41, 5.74) is 3.24. The molecule has 0 amide bonds. The molecule has 3 heteroatoms. The number of phenolic OH excluding ortho intramolecular Hbond substituents is 2. The summed E-state index contributed by atoms with van der Waals surface area (Å²) in [6.45, 7) is 17.8. The lowest BCUT2D eigenvalue weighted by atomic mass is 9.48. The van der Waals surface area contributed by atoms with Gasteiger partial charge in [-0.05, 0) is 135 Å².